The second-order valence-corrected chi connectivity index (χ2v) is 6.88. The highest BCUT2D eigenvalue weighted by Crippen LogP contribution is 2.35. The largest absolute Gasteiger partial charge is 0.489 e. The molecule has 4 heteroatoms. The molecule has 4 aromatic rings. The van der Waals surface area contributed by atoms with Gasteiger partial charge in [-0.1, -0.05) is 41.9 Å². The van der Waals surface area contributed by atoms with Crippen LogP contribution in [0.15, 0.2) is 72.9 Å². The summed E-state index contributed by atoms with van der Waals surface area (Å²) in [5, 5.41) is 0.552. The first-order valence-electron chi connectivity index (χ1n) is 8.69. The molecule has 0 spiro atoms. The summed E-state index contributed by atoms with van der Waals surface area (Å²) < 4.78 is 7.72. The Balaban J connectivity index is 1.66. The number of aromatic nitrogens is 1. The van der Waals surface area contributed by atoms with Crippen molar-refractivity contribution in [3.05, 3.63) is 94.8 Å². The smallest absolute Gasteiger partial charge is 0.167 e. The zero-order valence-electron chi connectivity index (χ0n) is 14.9. The molecule has 3 nitrogen and oxygen atoms in total. The molecule has 0 aliphatic carbocycles. The third-order valence-corrected chi connectivity index (χ3v) is 4.87. The van der Waals surface area contributed by atoms with E-state index < -0.39 is 0 Å². The molecule has 4 rings (SSSR count). The Hall–Kier alpha value is -3.04. The molecule has 2 aromatic carbocycles. The van der Waals surface area contributed by atoms with Crippen LogP contribution in [-0.4, -0.2) is 10.7 Å². The van der Waals surface area contributed by atoms with Gasteiger partial charge in [0.15, 0.2) is 6.29 Å². The van der Waals surface area contributed by atoms with Crippen LogP contribution in [0.5, 0.6) is 5.75 Å². The normalized spacial score (nSPS) is 10.9. The Morgan fingerprint density at radius 2 is 1.81 bits per heavy atom. The number of carbonyl (C=O) groups excluding carboxylic acids is 1. The summed E-state index contributed by atoms with van der Waals surface area (Å²) in [6.07, 6.45) is 2.77. The molecule has 134 valence electrons. The molecule has 2 heterocycles. The van der Waals surface area contributed by atoms with Crippen LogP contribution in [0.3, 0.4) is 0 Å². The fraction of sp³-hybridized carbons (Fsp3) is 0.0870. The molecule has 0 saturated carbocycles. The second kappa shape index (κ2) is 7.29. The zero-order chi connectivity index (χ0) is 18.8. The number of carbonyl (C=O) groups is 1. The lowest BCUT2D eigenvalue weighted by molar-refractivity contribution is 0.111. The lowest BCUT2D eigenvalue weighted by Crippen LogP contribution is -1.96. The molecule has 0 saturated heterocycles. The third kappa shape index (κ3) is 3.46. The number of hydrogen-bond acceptors (Lipinski definition) is 2. The summed E-state index contributed by atoms with van der Waals surface area (Å²) >= 11 is 6.53. The number of aryl methyl sites for hydroxylation is 1. The molecule has 0 radical (unpaired) electrons. The van der Waals surface area contributed by atoms with Gasteiger partial charge in [-0.05, 0) is 54.4 Å². The minimum Gasteiger partial charge on any atom is -0.489 e. The van der Waals surface area contributed by atoms with Crippen LogP contribution in [0.1, 0.15) is 21.6 Å². The van der Waals surface area contributed by atoms with Crippen molar-refractivity contribution >= 4 is 23.4 Å². The van der Waals surface area contributed by atoms with Gasteiger partial charge in [0.2, 0.25) is 0 Å². The van der Waals surface area contributed by atoms with Crippen molar-refractivity contribution in [3.8, 4) is 16.9 Å². The number of pyridine rings is 1. The first-order valence-corrected chi connectivity index (χ1v) is 9.07. The van der Waals surface area contributed by atoms with E-state index in [9.17, 15) is 4.79 Å². The fourth-order valence-electron chi connectivity index (χ4n) is 3.19. The Morgan fingerprint density at radius 3 is 2.56 bits per heavy atom. The van der Waals surface area contributed by atoms with Crippen LogP contribution in [0.25, 0.3) is 16.6 Å². The van der Waals surface area contributed by atoms with Gasteiger partial charge >= 0.3 is 0 Å². The van der Waals surface area contributed by atoms with Gasteiger partial charge in [0.25, 0.3) is 0 Å². The average molecular weight is 376 g/mol. The highest BCUT2D eigenvalue weighted by atomic mass is 35.5. The van der Waals surface area contributed by atoms with Crippen LogP contribution in [-0.2, 0) is 6.61 Å². The molecule has 0 aliphatic rings. The van der Waals surface area contributed by atoms with E-state index in [1.807, 2.05) is 78.2 Å². The van der Waals surface area contributed by atoms with Crippen LogP contribution in [0, 0.1) is 6.92 Å². The number of nitrogens with zero attached hydrogens (tertiary/aromatic N) is 1. The maximum atomic E-state index is 11.7. The standard InChI is InChI=1S/C23H18ClNO2/c1-16-9-10-25-18(11-16)12-21(23(25)14-26)20-8-7-19(13-22(20)24)27-15-17-5-3-2-4-6-17/h2-14H,15H2,1H3. The minimum absolute atomic E-state index is 0.478. The van der Waals surface area contributed by atoms with Crippen molar-refractivity contribution in [3.63, 3.8) is 0 Å². The summed E-state index contributed by atoms with van der Waals surface area (Å²) in [4.78, 5) is 11.7. The monoisotopic (exact) mass is 375 g/mol. The van der Waals surface area contributed by atoms with Gasteiger partial charge in [-0.25, -0.2) is 0 Å². The van der Waals surface area contributed by atoms with Crippen molar-refractivity contribution in [1.82, 2.24) is 4.40 Å². The van der Waals surface area contributed by atoms with E-state index in [-0.39, 0.29) is 0 Å². The van der Waals surface area contributed by atoms with Gasteiger partial charge < -0.3 is 9.14 Å². The van der Waals surface area contributed by atoms with Crippen LogP contribution >= 0.6 is 11.6 Å². The van der Waals surface area contributed by atoms with Crippen molar-refractivity contribution in [2.24, 2.45) is 0 Å². The molecule has 2 aromatic heterocycles. The van der Waals surface area contributed by atoms with Crippen molar-refractivity contribution in [2.75, 3.05) is 0 Å². The van der Waals surface area contributed by atoms with Crippen molar-refractivity contribution < 1.29 is 9.53 Å². The Bertz CT molecular complexity index is 1120. The Morgan fingerprint density at radius 1 is 1.00 bits per heavy atom. The van der Waals surface area contributed by atoms with Gasteiger partial charge in [0.1, 0.15) is 12.4 Å². The van der Waals surface area contributed by atoms with Gasteiger partial charge in [-0.15, -0.1) is 0 Å². The van der Waals surface area contributed by atoms with E-state index in [1.54, 1.807) is 6.07 Å². The number of hydrogen-bond donors (Lipinski definition) is 0. The molecule has 0 amide bonds. The molecule has 0 unspecified atom stereocenters. The summed E-state index contributed by atoms with van der Waals surface area (Å²) in [5.41, 5.74) is 5.41. The maximum Gasteiger partial charge on any atom is 0.167 e. The highest BCUT2D eigenvalue weighted by Gasteiger charge is 2.15. The second-order valence-electron chi connectivity index (χ2n) is 6.48. The van der Waals surface area contributed by atoms with Crippen molar-refractivity contribution in [2.45, 2.75) is 13.5 Å². The third-order valence-electron chi connectivity index (χ3n) is 4.56. The number of halogens is 1. The average Bonchev–Trinajstić information content (AvgIpc) is 3.04. The summed E-state index contributed by atoms with van der Waals surface area (Å²) in [6, 6.07) is 21.6. The van der Waals surface area contributed by atoms with Gasteiger partial charge in [-0.3, -0.25) is 4.79 Å². The molecular weight excluding hydrogens is 358 g/mol. The highest BCUT2D eigenvalue weighted by molar-refractivity contribution is 6.33. The Labute approximate surface area is 162 Å². The summed E-state index contributed by atoms with van der Waals surface area (Å²) in [5.74, 6) is 0.694. The van der Waals surface area contributed by atoms with E-state index >= 15 is 0 Å². The first kappa shape index (κ1) is 17.4. The maximum absolute atomic E-state index is 11.7. The molecule has 0 N–H and O–H groups in total. The van der Waals surface area contributed by atoms with Crippen LogP contribution in [0.2, 0.25) is 5.02 Å². The molecule has 27 heavy (non-hydrogen) atoms. The molecule has 0 bridgehead atoms. The quantitative estimate of drug-likeness (QED) is 0.403. The zero-order valence-corrected chi connectivity index (χ0v) is 15.6. The predicted molar refractivity (Wildman–Crippen MR) is 109 cm³/mol. The van der Waals surface area contributed by atoms with E-state index in [0.29, 0.717) is 23.1 Å². The lowest BCUT2D eigenvalue weighted by Gasteiger charge is -2.09. The molecule has 0 fully saturated rings. The molecule has 0 atom stereocenters. The summed E-state index contributed by atoms with van der Waals surface area (Å²) in [6.45, 7) is 2.50. The van der Waals surface area contributed by atoms with Gasteiger partial charge in [0, 0.05) is 22.8 Å². The van der Waals surface area contributed by atoms with E-state index in [2.05, 4.69) is 0 Å². The van der Waals surface area contributed by atoms with Crippen molar-refractivity contribution in [1.29, 1.82) is 0 Å². The molecule has 0 aliphatic heterocycles. The number of benzene rings is 2. The fourth-order valence-corrected chi connectivity index (χ4v) is 3.46. The lowest BCUT2D eigenvalue weighted by atomic mass is 10.1. The predicted octanol–water partition coefficient (Wildman–Crippen LogP) is 5.96. The number of ether oxygens (including phenoxy) is 1. The van der Waals surface area contributed by atoms with E-state index in [1.165, 1.54) is 0 Å². The Kier molecular flexibility index (Phi) is 4.69. The van der Waals surface area contributed by atoms with Gasteiger partial charge in [0.05, 0.1) is 10.7 Å². The van der Waals surface area contributed by atoms with Crippen LogP contribution < -0.4 is 4.74 Å². The van der Waals surface area contributed by atoms with E-state index in [0.717, 1.165) is 34.1 Å². The van der Waals surface area contributed by atoms with Gasteiger partial charge in [-0.2, -0.15) is 0 Å². The molecular formula is C23H18ClNO2. The van der Waals surface area contributed by atoms with E-state index in [4.69, 9.17) is 16.3 Å². The number of aldehydes is 1. The summed E-state index contributed by atoms with van der Waals surface area (Å²) in [7, 11) is 0. The topological polar surface area (TPSA) is 30.7 Å². The SMILES string of the molecule is Cc1ccn2c(C=O)c(-c3ccc(OCc4ccccc4)cc3Cl)cc2c1. The number of fused-ring (bicyclic) bond motifs is 1. The van der Waals surface area contributed by atoms with Crippen LogP contribution in [0.4, 0.5) is 0 Å². The first-order chi connectivity index (χ1) is 13.2. The minimum atomic E-state index is 0.478. The number of rotatable bonds is 5.